The van der Waals surface area contributed by atoms with Gasteiger partial charge in [-0.3, -0.25) is 9.36 Å². The Labute approximate surface area is 170 Å². The van der Waals surface area contributed by atoms with Crippen molar-refractivity contribution in [3.05, 3.63) is 94.4 Å². The van der Waals surface area contributed by atoms with Crippen LogP contribution in [0.15, 0.2) is 82.6 Å². The number of benzene rings is 2. The van der Waals surface area contributed by atoms with E-state index in [1.165, 1.54) is 40.8 Å². The number of aromatic nitrogens is 2. The predicted octanol–water partition coefficient (Wildman–Crippen LogP) is 5.74. The Hall–Kier alpha value is -2.70. The van der Waals surface area contributed by atoms with E-state index >= 15 is 0 Å². The first-order chi connectivity index (χ1) is 13.7. The molecule has 140 valence electrons. The van der Waals surface area contributed by atoms with Gasteiger partial charge in [-0.05, 0) is 23.3 Å². The quantitative estimate of drug-likeness (QED) is 0.232. The molecule has 0 fully saturated rings. The fraction of sp³-hybridized carbons (Fsp3) is 0.0909. The van der Waals surface area contributed by atoms with Crippen LogP contribution in [-0.4, -0.2) is 9.55 Å². The first-order valence-corrected chi connectivity index (χ1v) is 10.6. The third-order valence-corrected chi connectivity index (χ3v) is 6.26. The summed E-state index contributed by atoms with van der Waals surface area (Å²) in [4.78, 5) is 18.7. The summed E-state index contributed by atoms with van der Waals surface area (Å²) in [6.45, 7) is 4.17. The fourth-order valence-corrected chi connectivity index (χ4v) is 4.92. The van der Waals surface area contributed by atoms with E-state index in [0.717, 1.165) is 16.9 Å². The second-order valence-corrected chi connectivity index (χ2v) is 8.01. The highest BCUT2D eigenvalue weighted by molar-refractivity contribution is 7.98. The summed E-state index contributed by atoms with van der Waals surface area (Å²) < 4.78 is 14.9. The average molecular weight is 409 g/mol. The minimum atomic E-state index is -0.301. The van der Waals surface area contributed by atoms with E-state index in [0.29, 0.717) is 21.9 Å². The van der Waals surface area contributed by atoms with Gasteiger partial charge in [0.15, 0.2) is 5.16 Å². The topological polar surface area (TPSA) is 34.9 Å². The van der Waals surface area contributed by atoms with Crippen LogP contribution in [0.2, 0.25) is 0 Å². The number of thioether (sulfide) groups is 1. The number of hydrogen-bond acceptors (Lipinski definition) is 4. The SMILES string of the molecule is C=CCn1c(SCc2ccccc2)nc2scc(-c3ccc(F)cc3)c2c1=O. The molecule has 2 aromatic heterocycles. The number of allylic oxidation sites excluding steroid dienone is 1. The highest BCUT2D eigenvalue weighted by Crippen LogP contribution is 2.32. The first-order valence-electron chi connectivity index (χ1n) is 8.73. The molecular formula is C22H17FN2OS2. The van der Waals surface area contributed by atoms with Gasteiger partial charge in [0.1, 0.15) is 10.6 Å². The van der Waals surface area contributed by atoms with Crippen LogP contribution < -0.4 is 5.56 Å². The van der Waals surface area contributed by atoms with E-state index in [2.05, 4.69) is 18.7 Å². The minimum Gasteiger partial charge on any atom is -0.283 e. The van der Waals surface area contributed by atoms with Crippen LogP contribution in [0.1, 0.15) is 5.56 Å². The summed E-state index contributed by atoms with van der Waals surface area (Å²) in [5, 5.41) is 3.16. The molecule has 28 heavy (non-hydrogen) atoms. The zero-order chi connectivity index (χ0) is 19.5. The third kappa shape index (κ3) is 3.66. The van der Waals surface area contributed by atoms with Gasteiger partial charge < -0.3 is 0 Å². The highest BCUT2D eigenvalue weighted by Gasteiger charge is 2.17. The van der Waals surface area contributed by atoms with Crippen molar-refractivity contribution in [3.8, 4) is 11.1 Å². The summed E-state index contributed by atoms with van der Waals surface area (Å²) in [5.41, 5.74) is 2.67. The van der Waals surface area contributed by atoms with Crippen LogP contribution >= 0.6 is 23.1 Å². The van der Waals surface area contributed by atoms with Crippen LogP contribution in [0.5, 0.6) is 0 Å². The summed E-state index contributed by atoms with van der Waals surface area (Å²) in [5.74, 6) is 0.427. The molecule has 0 aliphatic heterocycles. The second-order valence-electron chi connectivity index (χ2n) is 6.21. The largest absolute Gasteiger partial charge is 0.283 e. The van der Waals surface area contributed by atoms with E-state index in [1.807, 2.05) is 23.6 Å². The Bertz CT molecular complexity index is 1180. The van der Waals surface area contributed by atoms with Gasteiger partial charge in [-0.25, -0.2) is 9.37 Å². The number of halogens is 1. The Balaban J connectivity index is 1.79. The van der Waals surface area contributed by atoms with Crippen molar-refractivity contribution in [1.29, 1.82) is 0 Å². The molecule has 0 saturated heterocycles. The fourth-order valence-electron chi connectivity index (χ4n) is 2.97. The summed E-state index contributed by atoms with van der Waals surface area (Å²) in [6, 6.07) is 16.3. The Morgan fingerprint density at radius 1 is 1.14 bits per heavy atom. The van der Waals surface area contributed by atoms with Gasteiger partial charge in [-0.15, -0.1) is 17.9 Å². The van der Waals surface area contributed by atoms with Gasteiger partial charge in [0.2, 0.25) is 0 Å². The molecule has 0 aliphatic rings. The first kappa shape index (κ1) is 18.7. The third-order valence-electron chi connectivity index (χ3n) is 4.34. The van der Waals surface area contributed by atoms with E-state index in [4.69, 9.17) is 4.98 Å². The molecule has 0 atom stereocenters. The minimum absolute atomic E-state index is 0.0963. The van der Waals surface area contributed by atoms with Crippen molar-refractivity contribution in [2.45, 2.75) is 17.5 Å². The van der Waals surface area contributed by atoms with Gasteiger partial charge in [0.05, 0.1) is 5.39 Å². The summed E-state index contributed by atoms with van der Waals surface area (Å²) in [6.07, 6.45) is 1.70. The lowest BCUT2D eigenvalue weighted by atomic mass is 10.1. The lowest BCUT2D eigenvalue weighted by Gasteiger charge is -2.11. The van der Waals surface area contributed by atoms with Gasteiger partial charge in [0, 0.05) is 23.2 Å². The predicted molar refractivity (Wildman–Crippen MR) is 115 cm³/mol. The van der Waals surface area contributed by atoms with Gasteiger partial charge in [-0.1, -0.05) is 60.3 Å². The standard InChI is InChI=1S/C22H17FN2OS2/c1-2-12-25-21(26)19-18(16-8-10-17(23)11-9-16)14-27-20(19)24-22(25)28-13-15-6-4-3-5-7-15/h2-11,14H,1,12-13H2. The van der Waals surface area contributed by atoms with Crippen LogP contribution in [0.25, 0.3) is 21.3 Å². The lowest BCUT2D eigenvalue weighted by Crippen LogP contribution is -2.22. The number of thiophene rings is 1. The molecule has 0 aliphatic carbocycles. The molecule has 0 unspecified atom stereocenters. The van der Waals surface area contributed by atoms with Crippen LogP contribution in [-0.2, 0) is 12.3 Å². The lowest BCUT2D eigenvalue weighted by molar-refractivity contribution is 0.628. The molecule has 2 aromatic carbocycles. The average Bonchev–Trinajstić information content (AvgIpc) is 3.14. The Morgan fingerprint density at radius 2 is 1.89 bits per heavy atom. The molecule has 0 spiro atoms. The van der Waals surface area contributed by atoms with Crippen molar-refractivity contribution in [1.82, 2.24) is 9.55 Å². The van der Waals surface area contributed by atoms with E-state index in [-0.39, 0.29) is 11.4 Å². The number of fused-ring (bicyclic) bond motifs is 1. The molecule has 4 rings (SSSR count). The van der Waals surface area contributed by atoms with Gasteiger partial charge >= 0.3 is 0 Å². The summed E-state index contributed by atoms with van der Waals surface area (Å²) >= 11 is 2.97. The van der Waals surface area contributed by atoms with Crippen LogP contribution in [0.3, 0.4) is 0 Å². The monoisotopic (exact) mass is 408 g/mol. The van der Waals surface area contributed by atoms with E-state index in [9.17, 15) is 9.18 Å². The van der Waals surface area contributed by atoms with Crippen LogP contribution in [0, 0.1) is 5.82 Å². The number of hydrogen-bond donors (Lipinski definition) is 0. The van der Waals surface area contributed by atoms with E-state index < -0.39 is 0 Å². The van der Waals surface area contributed by atoms with Crippen molar-refractivity contribution >= 4 is 33.3 Å². The van der Waals surface area contributed by atoms with Crippen molar-refractivity contribution in [2.75, 3.05) is 0 Å². The van der Waals surface area contributed by atoms with Gasteiger partial charge in [0.25, 0.3) is 5.56 Å². The van der Waals surface area contributed by atoms with Gasteiger partial charge in [-0.2, -0.15) is 0 Å². The second kappa shape index (κ2) is 8.12. The van der Waals surface area contributed by atoms with E-state index in [1.54, 1.807) is 22.8 Å². The maximum Gasteiger partial charge on any atom is 0.263 e. The smallest absolute Gasteiger partial charge is 0.263 e. The zero-order valence-electron chi connectivity index (χ0n) is 15.0. The van der Waals surface area contributed by atoms with Crippen molar-refractivity contribution in [2.24, 2.45) is 0 Å². The van der Waals surface area contributed by atoms with Crippen molar-refractivity contribution < 1.29 is 4.39 Å². The molecule has 3 nitrogen and oxygen atoms in total. The molecule has 0 amide bonds. The molecule has 4 aromatic rings. The zero-order valence-corrected chi connectivity index (χ0v) is 16.6. The number of nitrogens with zero attached hydrogens (tertiary/aromatic N) is 2. The Kier molecular flexibility index (Phi) is 5.41. The maximum absolute atomic E-state index is 13.3. The highest BCUT2D eigenvalue weighted by atomic mass is 32.2. The molecule has 2 heterocycles. The maximum atomic E-state index is 13.3. The molecule has 0 radical (unpaired) electrons. The summed E-state index contributed by atoms with van der Waals surface area (Å²) in [7, 11) is 0. The van der Waals surface area contributed by atoms with Crippen LogP contribution in [0.4, 0.5) is 4.39 Å². The van der Waals surface area contributed by atoms with Crippen molar-refractivity contribution in [3.63, 3.8) is 0 Å². The number of rotatable bonds is 6. The Morgan fingerprint density at radius 3 is 2.61 bits per heavy atom. The molecular weight excluding hydrogens is 391 g/mol. The molecule has 0 N–H and O–H groups in total. The molecule has 0 saturated carbocycles. The molecule has 6 heteroatoms. The molecule has 0 bridgehead atoms. The normalized spacial score (nSPS) is 11.0.